The second kappa shape index (κ2) is 8.65. The Balaban J connectivity index is 1.40. The van der Waals surface area contributed by atoms with Gasteiger partial charge in [-0.05, 0) is 55.2 Å². The van der Waals surface area contributed by atoms with Gasteiger partial charge in [0, 0.05) is 38.3 Å². The van der Waals surface area contributed by atoms with Gasteiger partial charge in [0.1, 0.15) is 5.75 Å². The van der Waals surface area contributed by atoms with Crippen molar-refractivity contribution in [3.05, 3.63) is 54.1 Å². The Morgan fingerprint density at radius 2 is 1.70 bits per heavy atom. The molecule has 2 aromatic rings. The molecule has 8 heteroatoms. The highest BCUT2D eigenvalue weighted by Crippen LogP contribution is 2.30. The summed E-state index contributed by atoms with van der Waals surface area (Å²) < 4.78 is 33.2. The summed E-state index contributed by atoms with van der Waals surface area (Å²) in [6, 6.07) is 12.9. The van der Waals surface area contributed by atoms with E-state index in [2.05, 4.69) is 9.62 Å². The van der Waals surface area contributed by atoms with Gasteiger partial charge >= 0.3 is 0 Å². The molecule has 0 spiro atoms. The molecule has 1 saturated carbocycles. The maximum Gasteiger partial charge on any atom is 0.262 e. The highest BCUT2D eigenvalue weighted by atomic mass is 32.2. The first-order valence-electron chi connectivity index (χ1n) is 10.2. The van der Waals surface area contributed by atoms with Crippen LogP contribution in [0.3, 0.4) is 0 Å². The van der Waals surface area contributed by atoms with Crippen LogP contribution >= 0.6 is 0 Å². The molecule has 0 bridgehead atoms. The van der Waals surface area contributed by atoms with Gasteiger partial charge in [0.05, 0.1) is 17.7 Å². The number of hydrogen-bond acceptors (Lipinski definition) is 5. The molecule has 1 N–H and O–H groups in total. The molecule has 0 radical (unpaired) electrons. The molecular weight excluding hydrogens is 402 g/mol. The van der Waals surface area contributed by atoms with Crippen LogP contribution in [-0.4, -0.2) is 64.0 Å². The van der Waals surface area contributed by atoms with Crippen molar-refractivity contribution in [1.29, 1.82) is 0 Å². The van der Waals surface area contributed by atoms with Crippen molar-refractivity contribution in [1.82, 2.24) is 9.80 Å². The Hall–Kier alpha value is -2.58. The summed E-state index contributed by atoms with van der Waals surface area (Å²) in [6.07, 6.45) is 2.67. The summed E-state index contributed by atoms with van der Waals surface area (Å²) in [5.41, 5.74) is 0.867. The Morgan fingerprint density at radius 1 is 1.03 bits per heavy atom. The number of methoxy groups -OCH3 is 1. The first-order valence-corrected chi connectivity index (χ1v) is 11.7. The minimum atomic E-state index is -3.79. The van der Waals surface area contributed by atoms with Crippen LogP contribution in [0.25, 0.3) is 0 Å². The number of ether oxygens (including phenoxy) is 1. The second-order valence-corrected chi connectivity index (χ2v) is 9.55. The van der Waals surface area contributed by atoms with E-state index in [0.717, 1.165) is 25.6 Å². The van der Waals surface area contributed by atoms with Crippen LogP contribution in [0.5, 0.6) is 5.75 Å². The minimum absolute atomic E-state index is 0.0530. The van der Waals surface area contributed by atoms with Crippen molar-refractivity contribution in [2.75, 3.05) is 44.6 Å². The summed E-state index contributed by atoms with van der Waals surface area (Å²) in [6.45, 7) is 4.37. The lowest BCUT2D eigenvalue weighted by molar-refractivity contribution is 0.0632. The first kappa shape index (κ1) is 20.7. The standard InChI is InChI=1S/C22H27N3O4S/c1-29-21-5-3-2-4-20(21)23-30(27,28)19-10-8-18(9-11-19)22(26)25-14-12-24(13-15-25)16-17-6-7-17/h2-5,8-11,17,23H,6-7,12-16H2,1H3. The Bertz CT molecular complexity index is 995. The van der Waals surface area contributed by atoms with E-state index < -0.39 is 10.0 Å². The highest BCUT2D eigenvalue weighted by molar-refractivity contribution is 7.92. The van der Waals surface area contributed by atoms with Gasteiger partial charge in [-0.1, -0.05) is 12.1 Å². The quantitative estimate of drug-likeness (QED) is 0.732. The van der Waals surface area contributed by atoms with E-state index in [0.29, 0.717) is 30.1 Å². The number of hydrogen-bond donors (Lipinski definition) is 1. The molecular formula is C22H27N3O4S. The van der Waals surface area contributed by atoms with Gasteiger partial charge in [-0.15, -0.1) is 0 Å². The van der Waals surface area contributed by atoms with Gasteiger partial charge in [-0.2, -0.15) is 0 Å². The van der Waals surface area contributed by atoms with Gasteiger partial charge in [0.15, 0.2) is 0 Å². The van der Waals surface area contributed by atoms with Gasteiger partial charge in [0.25, 0.3) is 15.9 Å². The smallest absolute Gasteiger partial charge is 0.262 e. The largest absolute Gasteiger partial charge is 0.495 e. The molecule has 4 rings (SSSR count). The molecule has 160 valence electrons. The molecule has 30 heavy (non-hydrogen) atoms. The molecule has 1 saturated heterocycles. The number of anilines is 1. The van der Waals surface area contributed by atoms with Crippen molar-refractivity contribution in [2.24, 2.45) is 5.92 Å². The van der Waals surface area contributed by atoms with Crippen LogP contribution < -0.4 is 9.46 Å². The van der Waals surface area contributed by atoms with Crippen molar-refractivity contribution in [3.63, 3.8) is 0 Å². The van der Waals surface area contributed by atoms with Crippen molar-refractivity contribution in [2.45, 2.75) is 17.7 Å². The molecule has 0 atom stereocenters. The summed E-state index contributed by atoms with van der Waals surface area (Å²) >= 11 is 0. The number of carbonyl (C=O) groups is 1. The number of sulfonamides is 1. The topological polar surface area (TPSA) is 78.9 Å². The molecule has 2 aliphatic rings. The van der Waals surface area contributed by atoms with E-state index in [4.69, 9.17) is 4.74 Å². The summed E-state index contributed by atoms with van der Waals surface area (Å²) in [4.78, 5) is 17.2. The van der Waals surface area contributed by atoms with Crippen LogP contribution in [0, 0.1) is 5.92 Å². The van der Waals surface area contributed by atoms with E-state index in [9.17, 15) is 13.2 Å². The minimum Gasteiger partial charge on any atom is -0.495 e. The fourth-order valence-corrected chi connectivity index (χ4v) is 4.76. The molecule has 7 nitrogen and oxygen atoms in total. The average Bonchev–Trinajstić information content (AvgIpc) is 3.58. The number of amides is 1. The molecule has 1 heterocycles. The van der Waals surface area contributed by atoms with E-state index in [1.165, 1.54) is 32.1 Å². The first-order chi connectivity index (χ1) is 14.5. The van der Waals surface area contributed by atoms with E-state index in [1.54, 1.807) is 36.4 Å². The van der Waals surface area contributed by atoms with E-state index in [-0.39, 0.29) is 10.8 Å². The lowest BCUT2D eigenvalue weighted by atomic mass is 10.2. The Morgan fingerprint density at radius 3 is 2.33 bits per heavy atom. The lowest BCUT2D eigenvalue weighted by Crippen LogP contribution is -2.49. The number of benzene rings is 2. The van der Waals surface area contributed by atoms with Crippen LogP contribution in [0.2, 0.25) is 0 Å². The summed E-state index contributed by atoms with van der Waals surface area (Å²) in [7, 11) is -2.30. The Kier molecular flexibility index (Phi) is 5.97. The maximum absolute atomic E-state index is 12.8. The number of nitrogens with zero attached hydrogens (tertiary/aromatic N) is 2. The van der Waals surface area contributed by atoms with Crippen LogP contribution in [0.15, 0.2) is 53.4 Å². The molecule has 1 aliphatic carbocycles. The van der Waals surface area contributed by atoms with Crippen molar-refractivity contribution >= 4 is 21.6 Å². The molecule has 2 fully saturated rings. The van der Waals surface area contributed by atoms with E-state index >= 15 is 0 Å². The molecule has 0 unspecified atom stereocenters. The zero-order chi connectivity index (χ0) is 21.1. The highest BCUT2D eigenvalue weighted by Gasteiger charge is 2.28. The molecule has 0 aromatic heterocycles. The van der Waals surface area contributed by atoms with Gasteiger partial charge < -0.3 is 9.64 Å². The second-order valence-electron chi connectivity index (χ2n) is 7.87. The van der Waals surface area contributed by atoms with Gasteiger partial charge in [-0.25, -0.2) is 8.42 Å². The molecule has 1 amide bonds. The van der Waals surface area contributed by atoms with E-state index in [1.807, 2.05) is 4.90 Å². The number of carbonyl (C=O) groups excluding carboxylic acids is 1. The van der Waals surface area contributed by atoms with Crippen molar-refractivity contribution < 1.29 is 17.9 Å². The van der Waals surface area contributed by atoms with Crippen LogP contribution in [-0.2, 0) is 10.0 Å². The number of nitrogens with one attached hydrogen (secondary N) is 1. The monoisotopic (exact) mass is 429 g/mol. The zero-order valence-electron chi connectivity index (χ0n) is 17.1. The summed E-state index contributed by atoms with van der Waals surface area (Å²) in [5.74, 6) is 1.24. The normalized spacial score (nSPS) is 17.6. The fraction of sp³-hybridized carbons (Fsp3) is 0.409. The van der Waals surface area contributed by atoms with Crippen LogP contribution in [0.4, 0.5) is 5.69 Å². The lowest BCUT2D eigenvalue weighted by Gasteiger charge is -2.34. The number of para-hydroxylation sites is 2. The summed E-state index contributed by atoms with van der Waals surface area (Å²) in [5, 5.41) is 0. The average molecular weight is 430 g/mol. The molecule has 1 aliphatic heterocycles. The zero-order valence-corrected chi connectivity index (χ0v) is 17.9. The third-order valence-electron chi connectivity index (χ3n) is 5.64. The SMILES string of the molecule is COc1ccccc1NS(=O)(=O)c1ccc(C(=O)N2CCN(CC3CC3)CC2)cc1. The maximum atomic E-state index is 12.8. The molecule has 2 aromatic carbocycles. The van der Waals surface area contributed by atoms with Crippen molar-refractivity contribution in [3.8, 4) is 5.75 Å². The number of piperazine rings is 1. The predicted octanol–water partition coefficient (Wildman–Crippen LogP) is 2.66. The van der Waals surface area contributed by atoms with Crippen LogP contribution in [0.1, 0.15) is 23.2 Å². The van der Waals surface area contributed by atoms with Gasteiger partial charge in [-0.3, -0.25) is 14.4 Å². The Labute approximate surface area is 177 Å². The predicted molar refractivity (Wildman–Crippen MR) is 115 cm³/mol. The third-order valence-corrected chi connectivity index (χ3v) is 7.02. The third kappa shape index (κ3) is 4.76. The number of rotatable bonds is 7. The van der Waals surface area contributed by atoms with Gasteiger partial charge in [0.2, 0.25) is 0 Å². The fourth-order valence-electron chi connectivity index (χ4n) is 3.69.